The summed E-state index contributed by atoms with van der Waals surface area (Å²) in [4.78, 5) is 28.1. The predicted molar refractivity (Wildman–Crippen MR) is 148 cm³/mol. The van der Waals surface area contributed by atoms with Gasteiger partial charge in [-0.3, -0.25) is 4.79 Å². The average Bonchev–Trinajstić information content (AvgIpc) is 2.99. The summed E-state index contributed by atoms with van der Waals surface area (Å²) in [6.45, 7) is 0.404. The fourth-order valence-corrected chi connectivity index (χ4v) is 5.55. The Morgan fingerprint density at radius 1 is 0.950 bits per heavy atom. The highest BCUT2D eigenvalue weighted by Crippen LogP contribution is 2.40. The van der Waals surface area contributed by atoms with E-state index in [1.165, 1.54) is 4.90 Å². The number of aliphatic hydroxyl groups is 1. The van der Waals surface area contributed by atoms with Crippen molar-refractivity contribution in [1.82, 2.24) is 4.90 Å². The van der Waals surface area contributed by atoms with Crippen molar-refractivity contribution < 1.29 is 34.0 Å². The monoisotopic (exact) mass is 545 g/mol. The van der Waals surface area contributed by atoms with Gasteiger partial charge in [0.1, 0.15) is 12.6 Å². The number of aliphatic hydroxyl groups excluding tert-OH is 1. The summed E-state index contributed by atoms with van der Waals surface area (Å²) in [6, 6.07) is 21.5. The number of hydrogen-bond acceptors (Lipinski definition) is 6. The Hall–Kier alpha value is -3.88. The van der Waals surface area contributed by atoms with Gasteiger partial charge in [0.05, 0.1) is 19.3 Å². The van der Waals surface area contributed by atoms with Crippen LogP contribution in [0.4, 0.5) is 0 Å². The van der Waals surface area contributed by atoms with Crippen molar-refractivity contribution in [1.29, 1.82) is 0 Å². The summed E-state index contributed by atoms with van der Waals surface area (Å²) in [7, 11) is 1.55. The van der Waals surface area contributed by atoms with Crippen molar-refractivity contribution in [2.45, 2.75) is 69.6 Å². The molecular weight excluding hydrogens is 510 g/mol. The van der Waals surface area contributed by atoms with Crippen LogP contribution < -0.4 is 9.47 Å². The number of methoxy groups -OCH3 is 1. The number of carbonyl (C=O) groups is 2. The smallest absolute Gasteiger partial charge is 0.326 e. The summed E-state index contributed by atoms with van der Waals surface area (Å²) in [5.41, 5.74) is 3.19. The van der Waals surface area contributed by atoms with Gasteiger partial charge in [-0.25, -0.2) is 4.79 Å². The molecule has 0 bridgehead atoms. The lowest BCUT2D eigenvalue weighted by molar-refractivity contribution is -0.161. The van der Waals surface area contributed by atoms with Crippen molar-refractivity contribution in [3.05, 3.63) is 95.1 Å². The maximum atomic E-state index is 14.1. The Bertz CT molecular complexity index is 1310. The number of hydrogen-bond donors (Lipinski definition) is 2. The van der Waals surface area contributed by atoms with Crippen LogP contribution in [0.1, 0.15) is 54.0 Å². The molecule has 1 fully saturated rings. The molecule has 0 spiro atoms. The Labute approximate surface area is 234 Å². The average molecular weight is 546 g/mol. The number of amides is 1. The van der Waals surface area contributed by atoms with E-state index in [9.17, 15) is 19.8 Å². The normalized spacial score (nSPS) is 21.2. The van der Waals surface area contributed by atoms with Crippen LogP contribution in [-0.4, -0.2) is 52.3 Å². The minimum atomic E-state index is -1.10. The first-order chi connectivity index (χ1) is 19.4. The van der Waals surface area contributed by atoms with Gasteiger partial charge in [0, 0.05) is 18.5 Å². The van der Waals surface area contributed by atoms with Gasteiger partial charge in [-0.2, -0.15) is 0 Å². The maximum absolute atomic E-state index is 14.1. The van der Waals surface area contributed by atoms with E-state index in [2.05, 4.69) is 0 Å². The number of carboxylic acids is 1. The maximum Gasteiger partial charge on any atom is 0.326 e. The largest absolute Gasteiger partial charge is 0.493 e. The minimum Gasteiger partial charge on any atom is -0.493 e. The molecule has 0 aromatic heterocycles. The molecule has 2 atom stereocenters. The van der Waals surface area contributed by atoms with E-state index < -0.39 is 24.0 Å². The molecule has 2 N–H and O–H groups in total. The van der Waals surface area contributed by atoms with Gasteiger partial charge < -0.3 is 29.3 Å². The highest BCUT2D eigenvalue weighted by molar-refractivity contribution is 5.88. The molecule has 1 heterocycles. The molecule has 1 aliphatic carbocycles. The summed E-state index contributed by atoms with van der Waals surface area (Å²) in [5.74, 6) is -0.469. The number of fused-ring (bicyclic) bond motifs is 1. The first-order valence-electron chi connectivity index (χ1n) is 13.7. The fraction of sp³-hybridized carbons (Fsp3) is 0.375. The molecule has 8 nitrogen and oxygen atoms in total. The highest BCUT2D eigenvalue weighted by atomic mass is 16.5. The lowest BCUT2D eigenvalue weighted by Crippen LogP contribution is -2.51. The molecule has 8 heteroatoms. The number of rotatable bonds is 9. The third-order valence-electron chi connectivity index (χ3n) is 7.75. The zero-order valence-electron chi connectivity index (χ0n) is 22.6. The second-order valence-electron chi connectivity index (χ2n) is 10.4. The lowest BCUT2D eigenvalue weighted by Gasteiger charge is -2.38. The number of benzene rings is 3. The van der Waals surface area contributed by atoms with Gasteiger partial charge in [-0.05, 0) is 48.4 Å². The van der Waals surface area contributed by atoms with Crippen LogP contribution in [-0.2, 0) is 33.9 Å². The molecule has 2 aliphatic rings. The molecule has 0 unspecified atom stereocenters. The molecule has 5 rings (SSSR count). The zero-order chi connectivity index (χ0) is 28.1. The Balaban J connectivity index is 1.44. The van der Waals surface area contributed by atoms with Crippen LogP contribution in [0.3, 0.4) is 0 Å². The Kier molecular flexibility index (Phi) is 8.67. The Morgan fingerprint density at radius 2 is 1.62 bits per heavy atom. The van der Waals surface area contributed by atoms with Crippen LogP contribution in [0, 0.1) is 0 Å². The second-order valence-corrected chi connectivity index (χ2v) is 10.4. The van der Waals surface area contributed by atoms with E-state index in [1.807, 2.05) is 66.7 Å². The van der Waals surface area contributed by atoms with E-state index in [-0.39, 0.29) is 25.2 Å². The number of carbonyl (C=O) groups excluding carboxylic acids is 1. The van der Waals surface area contributed by atoms with Gasteiger partial charge in [-0.15, -0.1) is 0 Å². The van der Waals surface area contributed by atoms with Crippen molar-refractivity contribution in [2.75, 3.05) is 7.11 Å². The summed E-state index contributed by atoms with van der Waals surface area (Å²) in [5, 5.41) is 20.2. The fourth-order valence-electron chi connectivity index (χ4n) is 5.55. The van der Waals surface area contributed by atoms with E-state index in [0.717, 1.165) is 16.7 Å². The van der Waals surface area contributed by atoms with Crippen LogP contribution in [0.25, 0.3) is 0 Å². The molecule has 40 heavy (non-hydrogen) atoms. The molecule has 210 valence electrons. The third-order valence-corrected chi connectivity index (χ3v) is 7.75. The van der Waals surface area contributed by atoms with Crippen molar-refractivity contribution in [2.24, 2.45) is 0 Å². The molecule has 3 aromatic rings. The van der Waals surface area contributed by atoms with Crippen LogP contribution in [0.5, 0.6) is 11.5 Å². The lowest BCUT2D eigenvalue weighted by atomic mass is 9.91. The number of ether oxygens (including phenoxy) is 3. The van der Waals surface area contributed by atoms with E-state index >= 15 is 0 Å². The molecular formula is C32H35NO7. The van der Waals surface area contributed by atoms with Crippen molar-refractivity contribution >= 4 is 11.9 Å². The van der Waals surface area contributed by atoms with E-state index in [0.29, 0.717) is 49.4 Å². The topological polar surface area (TPSA) is 106 Å². The zero-order valence-corrected chi connectivity index (χ0v) is 22.6. The van der Waals surface area contributed by atoms with Crippen LogP contribution in [0.2, 0.25) is 0 Å². The van der Waals surface area contributed by atoms with E-state index in [4.69, 9.17) is 14.2 Å². The van der Waals surface area contributed by atoms with Crippen LogP contribution in [0.15, 0.2) is 72.8 Å². The standard InChI is InChI=1S/C32H35NO7/c1-38-28-17-12-23-19-33(27(32(36)37)18-26(23)30(28)39-20-21-8-4-2-5-9-21)31(35)29(22-10-6-3-7-11-22)40-25-15-13-24(34)14-16-25/h2-12,17,24-25,27,29,34H,13-16,18-20H2,1H3,(H,36,37)/t24-,25+,27-,29+/m1/s1. The molecule has 1 saturated carbocycles. The summed E-state index contributed by atoms with van der Waals surface area (Å²) in [6.07, 6.45) is 1.10. The number of nitrogens with zero attached hydrogens (tertiary/aromatic N) is 1. The van der Waals surface area contributed by atoms with Crippen LogP contribution >= 0.6 is 0 Å². The molecule has 1 aliphatic heterocycles. The number of carboxylic acid groups (broad SMARTS) is 1. The first-order valence-corrected chi connectivity index (χ1v) is 13.7. The van der Waals surface area contributed by atoms with Gasteiger partial charge in [0.25, 0.3) is 5.91 Å². The second kappa shape index (κ2) is 12.5. The quantitative estimate of drug-likeness (QED) is 0.402. The molecule has 1 amide bonds. The molecule has 3 aromatic carbocycles. The van der Waals surface area contributed by atoms with Gasteiger partial charge in [0.2, 0.25) is 0 Å². The Morgan fingerprint density at radius 3 is 2.27 bits per heavy atom. The van der Waals surface area contributed by atoms with Gasteiger partial charge in [-0.1, -0.05) is 66.7 Å². The summed E-state index contributed by atoms with van der Waals surface area (Å²) < 4.78 is 18.1. The SMILES string of the molecule is COc1ccc2c(c1OCc1ccccc1)C[C@H](C(=O)O)N(C(=O)[C@@H](O[C@H]1CC[C@@H](O)CC1)c1ccccc1)C2. The predicted octanol–water partition coefficient (Wildman–Crippen LogP) is 4.67. The van der Waals surface area contributed by atoms with Crippen molar-refractivity contribution in [3.63, 3.8) is 0 Å². The highest BCUT2D eigenvalue weighted by Gasteiger charge is 2.41. The van der Waals surface area contributed by atoms with Gasteiger partial charge >= 0.3 is 5.97 Å². The molecule has 0 radical (unpaired) electrons. The first kappa shape index (κ1) is 27.7. The number of aliphatic carboxylic acids is 1. The molecule has 0 saturated heterocycles. The summed E-state index contributed by atoms with van der Waals surface area (Å²) >= 11 is 0. The third kappa shape index (κ3) is 6.13. The van der Waals surface area contributed by atoms with Crippen molar-refractivity contribution in [3.8, 4) is 11.5 Å². The van der Waals surface area contributed by atoms with E-state index in [1.54, 1.807) is 13.2 Å². The van der Waals surface area contributed by atoms with Gasteiger partial charge in [0.15, 0.2) is 17.6 Å². The minimum absolute atomic E-state index is 0.0782.